The van der Waals surface area contributed by atoms with Crippen molar-refractivity contribution in [1.29, 1.82) is 0 Å². The van der Waals surface area contributed by atoms with Crippen LogP contribution in [0.25, 0.3) is 11.4 Å². The van der Waals surface area contributed by atoms with Gasteiger partial charge in [-0.05, 0) is 48.6 Å². The van der Waals surface area contributed by atoms with E-state index in [2.05, 4.69) is 10.1 Å². The number of rotatable bonds is 4. The van der Waals surface area contributed by atoms with Crippen molar-refractivity contribution in [2.75, 3.05) is 13.1 Å². The van der Waals surface area contributed by atoms with Crippen LogP contribution in [0.2, 0.25) is 0 Å². The minimum atomic E-state index is -0.364. The van der Waals surface area contributed by atoms with Crippen molar-refractivity contribution < 1.29 is 18.8 Å². The topological polar surface area (TPSA) is 79.5 Å². The lowest BCUT2D eigenvalue weighted by Gasteiger charge is -2.31. The van der Waals surface area contributed by atoms with E-state index in [1.807, 2.05) is 19.9 Å². The lowest BCUT2D eigenvalue weighted by Crippen LogP contribution is -2.39. The van der Waals surface area contributed by atoms with Gasteiger partial charge in [-0.2, -0.15) is 4.98 Å². The predicted octanol–water partition coefficient (Wildman–Crippen LogP) is 4.72. The van der Waals surface area contributed by atoms with E-state index < -0.39 is 0 Å². The Hall–Kier alpha value is -3.22. The number of carbonyl (C=O) groups is 1. The molecule has 1 unspecified atom stereocenters. The molecule has 30 heavy (non-hydrogen) atoms. The van der Waals surface area contributed by atoms with Gasteiger partial charge in [0.25, 0.3) is 5.91 Å². The molecule has 4 rings (SSSR count). The van der Waals surface area contributed by atoms with E-state index in [1.54, 1.807) is 29.2 Å². The first-order valence-electron chi connectivity index (χ1n) is 10.1. The van der Waals surface area contributed by atoms with Crippen LogP contribution in [0.5, 0.6) is 5.75 Å². The molecule has 7 heteroatoms. The van der Waals surface area contributed by atoms with Crippen LogP contribution in [0.3, 0.4) is 0 Å². The monoisotopic (exact) mass is 409 g/mol. The molecular formula is C23H24FN3O3. The molecule has 1 aliphatic rings. The van der Waals surface area contributed by atoms with Crippen LogP contribution in [0.4, 0.5) is 4.39 Å². The van der Waals surface area contributed by atoms with Gasteiger partial charge in [-0.25, -0.2) is 4.39 Å². The predicted molar refractivity (Wildman–Crippen MR) is 110 cm³/mol. The van der Waals surface area contributed by atoms with Gasteiger partial charge in [-0.3, -0.25) is 4.79 Å². The molecule has 2 heterocycles. The molecule has 156 valence electrons. The van der Waals surface area contributed by atoms with E-state index in [1.165, 1.54) is 12.1 Å². The first-order valence-corrected chi connectivity index (χ1v) is 10.1. The number of phenols is 1. The van der Waals surface area contributed by atoms with E-state index >= 15 is 0 Å². The van der Waals surface area contributed by atoms with Gasteiger partial charge in [0.05, 0.1) is 11.5 Å². The molecule has 1 amide bonds. The molecule has 0 spiro atoms. The van der Waals surface area contributed by atoms with Gasteiger partial charge in [0.15, 0.2) is 0 Å². The van der Waals surface area contributed by atoms with Crippen molar-refractivity contribution in [3.63, 3.8) is 0 Å². The highest BCUT2D eigenvalue weighted by molar-refractivity contribution is 5.97. The zero-order valence-corrected chi connectivity index (χ0v) is 17.0. The van der Waals surface area contributed by atoms with Gasteiger partial charge in [0, 0.05) is 18.7 Å². The molecule has 0 bridgehead atoms. The molecule has 3 aromatic rings. The molecule has 1 fully saturated rings. The molecule has 1 aromatic heterocycles. The van der Waals surface area contributed by atoms with Gasteiger partial charge in [0.2, 0.25) is 11.7 Å². The summed E-state index contributed by atoms with van der Waals surface area (Å²) in [6.07, 6.45) is 1.60. The van der Waals surface area contributed by atoms with Gasteiger partial charge in [0.1, 0.15) is 11.6 Å². The number of aromatic hydroxyl groups is 1. The Morgan fingerprint density at radius 3 is 2.87 bits per heavy atom. The summed E-state index contributed by atoms with van der Waals surface area (Å²) in [5.74, 6) is 0.333. The molecule has 1 saturated heterocycles. The number of benzene rings is 2. The molecule has 1 N–H and O–H groups in total. The van der Waals surface area contributed by atoms with E-state index in [4.69, 9.17) is 4.52 Å². The Balaban J connectivity index is 1.53. The highest BCUT2D eigenvalue weighted by Crippen LogP contribution is 2.30. The van der Waals surface area contributed by atoms with Crippen molar-refractivity contribution in [2.24, 2.45) is 0 Å². The number of carbonyl (C=O) groups excluding carboxylic acids is 1. The molecule has 0 radical (unpaired) electrons. The van der Waals surface area contributed by atoms with E-state index in [-0.39, 0.29) is 29.3 Å². The van der Waals surface area contributed by atoms with Crippen molar-refractivity contribution in [1.82, 2.24) is 15.0 Å². The van der Waals surface area contributed by atoms with Crippen molar-refractivity contribution in [3.05, 3.63) is 65.3 Å². The molecule has 1 aliphatic heterocycles. The maximum atomic E-state index is 13.5. The number of halogens is 1. The normalized spacial score (nSPS) is 16.8. The zero-order chi connectivity index (χ0) is 21.3. The van der Waals surface area contributed by atoms with Gasteiger partial charge < -0.3 is 14.5 Å². The van der Waals surface area contributed by atoms with Crippen LogP contribution >= 0.6 is 0 Å². The number of likely N-dealkylation sites (tertiary alicyclic amines) is 1. The van der Waals surface area contributed by atoms with E-state index in [0.717, 1.165) is 18.4 Å². The summed E-state index contributed by atoms with van der Waals surface area (Å²) in [7, 11) is 0. The SMILES string of the molecule is CC(C)c1ccc(O)c(C(=O)N2CCCC(c3nc(-c4cccc(F)c4)no3)C2)c1. The lowest BCUT2D eigenvalue weighted by atomic mass is 9.96. The third-order valence-electron chi connectivity index (χ3n) is 5.50. The first-order chi connectivity index (χ1) is 14.4. The number of hydrogen-bond donors (Lipinski definition) is 1. The Morgan fingerprint density at radius 2 is 2.10 bits per heavy atom. The number of aromatic nitrogens is 2. The lowest BCUT2D eigenvalue weighted by molar-refractivity contribution is 0.0692. The highest BCUT2D eigenvalue weighted by Gasteiger charge is 2.30. The van der Waals surface area contributed by atoms with E-state index in [9.17, 15) is 14.3 Å². The zero-order valence-electron chi connectivity index (χ0n) is 17.0. The minimum Gasteiger partial charge on any atom is -0.507 e. The largest absolute Gasteiger partial charge is 0.507 e. The number of piperidine rings is 1. The average Bonchev–Trinajstić information content (AvgIpc) is 3.24. The van der Waals surface area contributed by atoms with E-state index in [0.29, 0.717) is 35.9 Å². The van der Waals surface area contributed by atoms with Crippen LogP contribution in [0.15, 0.2) is 47.0 Å². The summed E-state index contributed by atoms with van der Waals surface area (Å²) in [5, 5.41) is 14.2. The van der Waals surface area contributed by atoms with Crippen LogP contribution in [0, 0.1) is 5.82 Å². The van der Waals surface area contributed by atoms with Crippen LogP contribution in [0.1, 0.15) is 60.3 Å². The third kappa shape index (κ3) is 4.06. The standard InChI is InChI=1S/C23H24FN3O3/c1-14(2)15-8-9-20(28)19(12-15)23(29)27-10-4-6-17(13-27)22-25-21(26-30-22)16-5-3-7-18(24)11-16/h3,5,7-9,11-12,14,17,28H,4,6,10,13H2,1-2H3. The first kappa shape index (κ1) is 20.1. The summed E-state index contributed by atoms with van der Waals surface area (Å²) >= 11 is 0. The minimum absolute atomic E-state index is 0.0160. The summed E-state index contributed by atoms with van der Waals surface area (Å²) in [6, 6.07) is 11.2. The second-order valence-corrected chi connectivity index (χ2v) is 7.99. The van der Waals surface area contributed by atoms with Crippen LogP contribution in [-0.2, 0) is 0 Å². The fourth-order valence-electron chi connectivity index (χ4n) is 3.76. The maximum Gasteiger partial charge on any atom is 0.257 e. The molecule has 6 nitrogen and oxygen atoms in total. The second-order valence-electron chi connectivity index (χ2n) is 7.99. The summed E-state index contributed by atoms with van der Waals surface area (Å²) in [5.41, 5.74) is 1.86. The summed E-state index contributed by atoms with van der Waals surface area (Å²) in [4.78, 5) is 19.3. The fourth-order valence-corrected chi connectivity index (χ4v) is 3.76. The summed E-state index contributed by atoms with van der Waals surface area (Å²) in [6.45, 7) is 5.12. The fraction of sp³-hybridized carbons (Fsp3) is 0.348. The highest BCUT2D eigenvalue weighted by atomic mass is 19.1. The van der Waals surface area contributed by atoms with Crippen molar-refractivity contribution >= 4 is 5.91 Å². The Labute approximate surface area is 174 Å². The molecule has 1 atom stereocenters. The molecular weight excluding hydrogens is 385 g/mol. The molecule has 2 aromatic carbocycles. The average molecular weight is 409 g/mol. The van der Waals surface area contributed by atoms with Gasteiger partial charge >= 0.3 is 0 Å². The van der Waals surface area contributed by atoms with Crippen molar-refractivity contribution in [2.45, 2.75) is 38.5 Å². The maximum absolute atomic E-state index is 13.5. The quantitative estimate of drug-likeness (QED) is 0.674. The van der Waals surface area contributed by atoms with Gasteiger partial charge in [-0.1, -0.05) is 37.2 Å². The number of nitrogens with zero attached hydrogens (tertiary/aromatic N) is 3. The Kier molecular flexibility index (Phi) is 5.53. The Bertz CT molecular complexity index is 1060. The summed E-state index contributed by atoms with van der Waals surface area (Å²) < 4.78 is 18.9. The van der Waals surface area contributed by atoms with Gasteiger partial charge in [-0.15, -0.1) is 0 Å². The number of amides is 1. The van der Waals surface area contributed by atoms with Crippen molar-refractivity contribution in [3.8, 4) is 17.1 Å². The molecule has 0 saturated carbocycles. The second kappa shape index (κ2) is 8.26. The van der Waals surface area contributed by atoms with Crippen LogP contribution < -0.4 is 0 Å². The Morgan fingerprint density at radius 1 is 1.27 bits per heavy atom. The number of hydrogen-bond acceptors (Lipinski definition) is 5. The smallest absolute Gasteiger partial charge is 0.257 e. The third-order valence-corrected chi connectivity index (χ3v) is 5.50. The number of phenolic OH excluding ortho intramolecular Hbond substituents is 1. The molecule has 0 aliphatic carbocycles. The van der Waals surface area contributed by atoms with Crippen LogP contribution in [-0.4, -0.2) is 39.1 Å².